The van der Waals surface area contributed by atoms with E-state index in [1.807, 2.05) is 6.92 Å². The molecule has 1 atom stereocenters. The maximum Gasteiger partial charge on any atom is 0.236 e. The van der Waals surface area contributed by atoms with E-state index in [2.05, 4.69) is 22.2 Å². The molecule has 4 nitrogen and oxygen atoms in total. The zero-order valence-electron chi connectivity index (χ0n) is 8.71. The number of amides is 1. The van der Waals surface area contributed by atoms with Crippen LogP contribution in [0.25, 0.3) is 0 Å². The molecule has 1 aliphatic heterocycles. The summed E-state index contributed by atoms with van der Waals surface area (Å²) >= 11 is 0. The zero-order valence-corrected chi connectivity index (χ0v) is 8.71. The highest BCUT2D eigenvalue weighted by Crippen LogP contribution is 2.04. The van der Waals surface area contributed by atoms with E-state index >= 15 is 0 Å². The summed E-state index contributed by atoms with van der Waals surface area (Å²) in [5.41, 5.74) is 0. The predicted molar refractivity (Wildman–Crippen MR) is 54.7 cm³/mol. The summed E-state index contributed by atoms with van der Waals surface area (Å²) in [4.78, 5) is 15.8. The molecule has 13 heavy (non-hydrogen) atoms. The van der Waals surface area contributed by atoms with Gasteiger partial charge >= 0.3 is 0 Å². The Balaban J connectivity index is 0.00000169. The maximum atomic E-state index is 11.3. The van der Waals surface area contributed by atoms with Gasteiger partial charge in [-0.2, -0.15) is 0 Å². The number of hydrogen-bond donors (Lipinski definition) is 1. The third-order valence-corrected chi connectivity index (χ3v) is 2.71. The molecule has 1 aliphatic rings. The van der Waals surface area contributed by atoms with Crippen molar-refractivity contribution < 1.29 is 6.22 Å². The monoisotopic (exact) mass is 187 g/mol. The molecule has 0 aromatic rings. The van der Waals surface area contributed by atoms with Gasteiger partial charge in [-0.3, -0.25) is 9.69 Å². The molecule has 1 saturated heterocycles. The molecule has 1 fully saturated rings. The molecular formula is C9H21N3O. The molecule has 0 aromatic carbocycles. The number of rotatable bonds is 2. The fraction of sp³-hybridized carbons (Fsp3) is 0.889. The number of hydrogen-bond acceptors (Lipinski definition) is 3. The summed E-state index contributed by atoms with van der Waals surface area (Å²) in [5, 5.41) is 2.68. The second-order valence-electron chi connectivity index (χ2n) is 3.63. The minimum Gasteiger partial charge on any atom is -0.358 e. The highest BCUT2D eigenvalue weighted by atomic mass is 16.2. The fourth-order valence-electron chi connectivity index (χ4n) is 1.58. The van der Waals surface area contributed by atoms with E-state index in [1.54, 1.807) is 7.05 Å². The normalized spacial score (nSPS) is 22.7. The van der Waals surface area contributed by atoms with E-state index in [1.165, 1.54) is 0 Å². The van der Waals surface area contributed by atoms with Gasteiger partial charge in [0.2, 0.25) is 5.91 Å². The summed E-state index contributed by atoms with van der Waals surface area (Å²) in [6.07, 6.45) is 0. The number of likely N-dealkylation sites (N-methyl/N-ethyl adjacent to an activating group) is 2. The molecule has 0 spiro atoms. The molecule has 1 rings (SSSR count). The Labute approximate surface area is 81.4 Å². The van der Waals surface area contributed by atoms with Gasteiger partial charge in [0.25, 0.3) is 0 Å². The molecular weight excluding hydrogens is 166 g/mol. The minimum atomic E-state index is 0. The van der Waals surface area contributed by atoms with Gasteiger partial charge in [0.05, 0.1) is 6.04 Å². The molecule has 1 amide bonds. The van der Waals surface area contributed by atoms with Gasteiger partial charge in [-0.25, -0.2) is 0 Å². The average Bonchev–Trinajstić information content (AvgIpc) is 2.17. The lowest BCUT2D eigenvalue weighted by atomic mass is 10.2. The van der Waals surface area contributed by atoms with Crippen LogP contribution < -0.4 is 5.32 Å². The summed E-state index contributed by atoms with van der Waals surface area (Å²) in [6.45, 7) is 6.06. The Morgan fingerprint density at radius 2 is 1.92 bits per heavy atom. The van der Waals surface area contributed by atoms with E-state index in [4.69, 9.17) is 0 Å². The Morgan fingerprint density at radius 1 is 1.38 bits per heavy atom. The molecule has 78 valence electrons. The highest BCUT2D eigenvalue weighted by Gasteiger charge is 2.23. The van der Waals surface area contributed by atoms with Crippen molar-refractivity contribution in [3.8, 4) is 0 Å². The smallest absolute Gasteiger partial charge is 0.236 e. The van der Waals surface area contributed by atoms with Gasteiger partial charge in [-0.15, -0.1) is 0 Å². The van der Waals surface area contributed by atoms with E-state index in [0.29, 0.717) is 0 Å². The lowest BCUT2D eigenvalue weighted by Crippen LogP contribution is -2.52. The Morgan fingerprint density at radius 3 is 2.38 bits per heavy atom. The van der Waals surface area contributed by atoms with Crippen molar-refractivity contribution in [2.24, 2.45) is 0 Å². The lowest BCUT2D eigenvalue weighted by Gasteiger charge is -2.35. The van der Waals surface area contributed by atoms with Crippen LogP contribution in [0.5, 0.6) is 0 Å². The summed E-state index contributed by atoms with van der Waals surface area (Å²) in [7, 11) is 3.80. The quantitative estimate of drug-likeness (QED) is 0.640. The van der Waals surface area contributed by atoms with Crippen LogP contribution in [-0.2, 0) is 4.79 Å². The van der Waals surface area contributed by atoms with Crippen LogP contribution >= 0.6 is 0 Å². The Bertz CT molecular complexity index is 181. The van der Waals surface area contributed by atoms with Crippen molar-refractivity contribution >= 4 is 5.91 Å². The highest BCUT2D eigenvalue weighted by molar-refractivity contribution is 5.80. The Hall–Kier alpha value is -0.610. The van der Waals surface area contributed by atoms with Crippen molar-refractivity contribution in [1.29, 1.82) is 0 Å². The first-order valence-corrected chi connectivity index (χ1v) is 4.79. The summed E-state index contributed by atoms with van der Waals surface area (Å²) < 4.78 is 0. The molecule has 1 N–H and O–H groups in total. The standard InChI is InChI=1S/C9H19N3O.H2/c1-8(9(13)10-2)12-6-4-11(3)5-7-12;/h8H,4-7H2,1-3H3,(H,10,13);1H. The van der Waals surface area contributed by atoms with Crippen LogP contribution in [0.1, 0.15) is 8.35 Å². The number of nitrogens with zero attached hydrogens (tertiary/aromatic N) is 2. The van der Waals surface area contributed by atoms with Gasteiger partial charge in [0, 0.05) is 34.7 Å². The van der Waals surface area contributed by atoms with Gasteiger partial charge < -0.3 is 10.2 Å². The fourth-order valence-corrected chi connectivity index (χ4v) is 1.58. The average molecular weight is 187 g/mol. The maximum absolute atomic E-state index is 11.3. The minimum absolute atomic E-state index is 0. The van der Waals surface area contributed by atoms with Crippen LogP contribution in [0.2, 0.25) is 0 Å². The molecule has 0 aliphatic carbocycles. The molecule has 1 heterocycles. The van der Waals surface area contributed by atoms with Crippen LogP contribution in [0, 0.1) is 0 Å². The van der Waals surface area contributed by atoms with E-state index in [0.717, 1.165) is 26.2 Å². The van der Waals surface area contributed by atoms with Crippen molar-refractivity contribution in [1.82, 2.24) is 15.1 Å². The largest absolute Gasteiger partial charge is 0.358 e. The van der Waals surface area contributed by atoms with Crippen LogP contribution in [0.3, 0.4) is 0 Å². The first-order chi connectivity index (χ1) is 6.15. The van der Waals surface area contributed by atoms with E-state index in [9.17, 15) is 4.79 Å². The van der Waals surface area contributed by atoms with Crippen LogP contribution in [-0.4, -0.2) is 62.0 Å². The molecule has 0 saturated carbocycles. The second kappa shape index (κ2) is 4.58. The van der Waals surface area contributed by atoms with E-state index < -0.39 is 0 Å². The van der Waals surface area contributed by atoms with Crippen LogP contribution in [0.15, 0.2) is 0 Å². The van der Waals surface area contributed by atoms with Crippen molar-refractivity contribution in [2.75, 3.05) is 40.3 Å². The number of carbonyl (C=O) groups excluding carboxylic acids is 1. The molecule has 1 unspecified atom stereocenters. The molecule has 0 radical (unpaired) electrons. The molecule has 4 heteroatoms. The second-order valence-corrected chi connectivity index (χ2v) is 3.63. The van der Waals surface area contributed by atoms with Crippen LogP contribution in [0.4, 0.5) is 0 Å². The van der Waals surface area contributed by atoms with Crippen molar-refractivity contribution in [3.05, 3.63) is 0 Å². The number of carbonyl (C=O) groups is 1. The topological polar surface area (TPSA) is 35.6 Å². The lowest BCUT2D eigenvalue weighted by molar-refractivity contribution is -0.126. The van der Waals surface area contributed by atoms with Crippen molar-refractivity contribution in [2.45, 2.75) is 13.0 Å². The summed E-state index contributed by atoms with van der Waals surface area (Å²) in [6, 6.07) is 0.0127. The van der Waals surface area contributed by atoms with Gasteiger partial charge in [0.15, 0.2) is 0 Å². The van der Waals surface area contributed by atoms with Gasteiger partial charge in [-0.1, -0.05) is 0 Å². The Kier molecular flexibility index (Phi) is 3.69. The number of piperazine rings is 1. The summed E-state index contributed by atoms with van der Waals surface area (Å²) in [5.74, 6) is 0.115. The number of nitrogens with one attached hydrogen (secondary N) is 1. The zero-order chi connectivity index (χ0) is 9.84. The third-order valence-electron chi connectivity index (χ3n) is 2.71. The SMILES string of the molecule is CNC(=O)C(C)N1CCN(C)CC1.[HH]. The third kappa shape index (κ3) is 2.67. The van der Waals surface area contributed by atoms with E-state index in [-0.39, 0.29) is 13.4 Å². The first kappa shape index (κ1) is 10.5. The van der Waals surface area contributed by atoms with Gasteiger partial charge in [-0.05, 0) is 14.0 Å². The molecule has 0 bridgehead atoms. The van der Waals surface area contributed by atoms with Crippen molar-refractivity contribution in [3.63, 3.8) is 0 Å². The first-order valence-electron chi connectivity index (χ1n) is 4.79. The molecule has 0 aromatic heterocycles. The van der Waals surface area contributed by atoms with Gasteiger partial charge in [0.1, 0.15) is 0 Å². The predicted octanol–water partition coefficient (Wildman–Crippen LogP) is -0.386.